The highest BCUT2D eigenvalue weighted by Gasteiger charge is 2.11. The minimum absolute atomic E-state index is 0.176. The summed E-state index contributed by atoms with van der Waals surface area (Å²) in [7, 11) is 0. The molecule has 0 aromatic heterocycles. The Kier molecular flexibility index (Phi) is 3.76. The molecule has 0 aliphatic carbocycles. The van der Waals surface area contributed by atoms with Crippen molar-refractivity contribution in [3.63, 3.8) is 0 Å². The molecular formula is C8H5Br2ClO2. The average Bonchev–Trinajstić information content (AvgIpc) is 2.07. The minimum Gasteiger partial charge on any atom is -0.478 e. The number of halogens is 3. The van der Waals surface area contributed by atoms with Crippen molar-refractivity contribution in [1.82, 2.24) is 0 Å². The van der Waals surface area contributed by atoms with E-state index in [1.807, 2.05) is 0 Å². The van der Waals surface area contributed by atoms with Gasteiger partial charge in [0, 0.05) is 14.8 Å². The number of rotatable bonds is 2. The molecule has 2 nitrogen and oxygen atoms in total. The maximum absolute atomic E-state index is 10.7. The van der Waals surface area contributed by atoms with Gasteiger partial charge in [0.25, 0.3) is 0 Å². The van der Waals surface area contributed by atoms with Crippen molar-refractivity contribution in [1.29, 1.82) is 0 Å². The Labute approximate surface area is 97.2 Å². The summed E-state index contributed by atoms with van der Waals surface area (Å²) in [5.41, 5.74) is 1.04. The Morgan fingerprint density at radius 2 is 2.15 bits per heavy atom. The van der Waals surface area contributed by atoms with Crippen molar-refractivity contribution in [2.45, 2.75) is 5.33 Å². The third-order valence-corrected chi connectivity index (χ3v) is 3.12. The standard InChI is InChI=1S/C8H5Br2ClO2/c9-3-4-1-6(10)5(8(12)13)2-7(4)11/h1-2H,3H2,(H,12,13). The van der Waals surface area contributed by atoms with Crippen LogP contribution in [0.3, 0.4) is 0 Å². The molecule has 0 saturated carbocycles. The lowest BCUT2D eigenvalue weighted by Crippen LogP contribution is -1.98. The zero-order valence-electron chi connectivity index (χ0n) is 6.35. The Hall–Kier alpha value is -0.0600. The van der Waals surface area contributed by atoms with E-state index in [-0.39, 0.29) is 5.56 Å². The molecule has 13 heavy (non-hydrogen) atoms. The summed E-state index contributed by atoms with van der Waals surface area (Å²) < 4.78 is 0.541. The summed E-state index contributed by atoms with van der Waals surface area (Å²) in [6, 6.07) is 3.13. The Morgan fingerprint density at radius 3 is 2.62 bits per heavy atom. The Morgan fingerprint density at radius 1 is 1.54 bits per heavy atom. The van der Waals surface area contributed by atoms with E-state index < -0.39 is 5.97 Å². The molecule has 1 N–H and O–H groups in total. The molecule has 1 aromatic rings. The second-order valence-corrected chi connectivity index (χ2v) is 4.18. The normalized spacial score (nSPS) is 10.1. The van der Waals surface area contributed by atoms with Crippen LogP contribution in [0.4, 0.5) is 0 Å². The molecule has 0 radical (unpaired) electrons. The predicted octanol–water partition coefficient (Wildman–Crippen LogP) is 3.70. The molecule has 5 heteroatoms. The van der Waals surface area contributed by atoms with Crippen LogP contribution in [-0.2, 0) is 5.33 Å². The summed E-state index contributed by atoms with van der Waals surface area (Å²) in [5.74, 6) is -0.991. The SMILES string of the molecule is O=C(O)c1cc(Cl)c(CBr)cc1Br. The van der Waals surface area contributed by atoms with Gasteiger partial charge in [0.05, 0.1) is 5.56 Å². The van der Waals surface area contributed by atoms with Crippen LogP contribution in [-0.4, -0.2) is 11.1 Å². The first kappa shape index (κ1) is 11.0. The van der Waals surface area contributed by atoms with Gasteiger partial charge in [-0.15, -0.1) is 0 Å². The number of aromatic carboxylic acids is 1. The summed E-state index contributed by atoms with van der Waals surface area (Å²) in [5, 5.41) is 9.81. The quantitative estimate of drug-likeness (QED) is 0.841. The van der Waals surface area contributed by atoms with Crippen LogP contribution in [0.2, 0.25) is 5.02 Å². The van der Waals surface area contributed by atoms with E-state index in [1.54, 1.807) is 6.07 Å². The number of benzene rings is 1. The molecule has 0 aliphatic rings. The van der Waals surface area contributed by atoms with Crippen molar-refractivity contribution >= 4 is 49.4 Å². The summed E-state index contributed by atoms with van der Waals surface area (Å²) in [6.07, 6.45) is 0. The number of carbonyl (C=O) groups is 1. The summed E-state index contributed by atoms with van der Waals surface area (Å²) in [6.45, 7) is 0. The lowest BCUT2D eigenvalue weighted by molar-refractivity contribution is 0.0696. The van der Waals surface area contributed by atoms with Crippen LogP contribution in [0.1, 0.15) is 15.9 Å². The highest BCUT2D eigenvalue weighted by molar-refractivity contribution is 9.10. The van der Waals surface area contributed by atoms with Gasteiger partial charge in [-0.2, -0.15) is 0 Å². The first-order chi connectivity index (χ1) is 6.06. The fourth-order valence-electron chi connectivity index (χ4n) is 0.854. The van der Waals surface area contributed by atoms with E-state index in [4.69, 9.17) is 16.7 Å². The van der Waals surface area contributed by atoms with Gasteiger partial charge in [-0.25, -0.2) is 4.79 Å². The molecule has 1 rings (SSSR count). The van der Waals surface area contributed by atoms with E-state index in [0.29, 0.717) is 14.8 Å². The van der Waals surface area contributed by atoms with E-state index in [1.165, 1.54) is 6.07 Å². The fraction of sp³-hybridized carbons (Fsp3) is 0.125. The van der Waals surface area contributed by atoms with Crippen molar-refractivity contribution in [2.24, 2.45) is 0 Å². The largest absolute Gasteiger partial charge is 0.478 e. The Balaban J connectivity index is 3.28. The van der Waals surface area contributed by atoms with E-state index >= 15 is 0 Å². The molecule has 0 atom stereocenters. The smallest absolute Gasteiger partial charge is 0.336 e. The van der Waals surface area contributed by atoms with E-state index in [0.717, 1.165) is 5.56 Å². The van der Waals surface area contributed by atoms with Gasteiger partial charge in [0.1, 0.15) is 0 Å². The average molecular weight is 328 g/mol. The highest BCUT2D eigenvalue weighted by atomic mass is 79.9. The summed E-state index contributed by atoms with van der Waals surface area (Å²) in [4.78, 5) is 10.7. The molecule has 0 bridgehead atoms. The number of hydrogen-bond donors (Lipinski definition) is 1. The maximum Gasteiger partial charge on any atom is 0.336 e. The minimum atomic E-state index is -0.991. The highest BCUT2D eigenvalue weighted by Crippen LogP contribution is 2.27. The second kappa shape index (κ2) is 4.44. The van der Waals surface area contributed by atoms with Gasteiger partial charge in [0.15, 0.2) is 0 Å². The molecule has 0 spiro atoms. The summed E-state index contributed by atoms with van der Waals surface area (Å²) >= 11 is 12.2. The first-order valence-electron chi connectivity index (χ1n) is 3.33. The molecule has 0 saturated heterocycles. The second-order valence-electron chi connectivity index (χ2n) is 2.36. The van der Waals surface area contributed by atoms with Gasteiger partial charge < -0.3 is 5.11 Å². The van der Waals surface area contributed by atoms with Gasteiger partial charge in [0.2, 0.25) is 0 Å². The maximum atomic E-state index is 10.7. The van der Waals surface area contributed by atoms with Gasteiger partial charge in [-0.3, -0.25) is 0 Å². The Bertz CT molecular complexity index is 352. The van der Waals surface area contributed by atoms with E-state index in [9.17, 15) is 4.79 Å². The monoisotopic (exact) mass is 326 g/mol. The van der Waals surface area contributed by atoms with Crippen molar-refractivity contribution in [2.75, 3.05) is 0 Å². The van der Waals surface area contributed by atoms with Gasteiger partial charge in [-0.05, 0) is 33.6 Å². The fourth-order valence-corrected chi connectivity index (χ4v) is 2.27. The molecule has 0 amide bonds. The van der Waals surface area contributed by atoms with Gasteiger partial charge >= 0.3 is 5.97 Å². The lowest BCUT2D eigenvalue weighted by atomic mass is 10.1. The third kappa shape index (κ3) is 2.45. The molecule has 0 aliphatic heterocycles. The number of alkyl halides is 1. The van der Waals surface area contributed by atoms with Crippen molar-refractivity contribution in [3.05, 3.63) is 32.8 Å². The third-order valence-electron chi connectivity index (χ3n) is 1.51. The molecule has 0 heterocycles. The molecule has 0 unspecified atom stereocenters. The van der Waals surface area contributed by atoms with Crippen molar-refractivity contribution < 1.29 is 9.90 Å². The van der Waals surface area contributed by atoms with Crippen LogP contribution in [0, 0.1) is 0 Å². The van der Waals surface area contributed by atoms with Crippen LogP contribution >= 0.6 is 43.5 Å². The van der Waals surface area contributed by atoms with E-state index in [2.05, 4.69) is 31.9 Å². The molecule has 0 fully saturated rings. The van der Waals surface area contributed by atoms with Crippen LogP contribution in [0.15, 0.2) is 16.6 Å². The topological polar surface area (TPSA) is 37.3 Å². The lowest BCUT2D eigenvalue weighted by Gasteiger charge is -2.04. The van der Waals surface area contributed by atoms with Crippen LogP contribution in [0.5, 0.6) is 0 Å². The molecule has 1 aromatic carbocycles. The first-order valence-corrected chi connectivity index (χ1v) is 5.62. The van der Waals surface area contributed by atoms with Crippen molar-refractivity contribution in [3.8, 4) is 0 Å². The van der Waals surface area contributed by atoms with Crippen LogP contribution < -0.4 is 0 Å². The number of hydrogen-bond acceptors (Lipinski definition) is 1. The van der Waals surface area contributed by atoms with Crippen LogP contribution in [0.25, 0.3) is 0 Å². The predicted molar refractivity (Wildman–Crippen MR) is 58.7 cm³/mol. The molecular weight excluding hydrogens is 323 g/mol. The zero-order valence-corrected chi connectivity index (χ0v) is 10.3. The van der Waals surface area contributed by atoms with Gasteiger partial charge in [-0.1, -0.05) is 27.5 Å². The zero-order chi connectivity index (χ0) is 10.0. The number of carboxylic acids is 1. The molecule has 70 valence electrons. The number of carboxylic acid groups (broad SMARTS) is 1.